The quantitative estimate of drug-likeness (QED) is 0.528. The normalized spacial score (nSPS) is 10.6. The Hall–Kier alpha value is -1.84. The van der Waals surface area contributed by atoms with E-state index in [-0.39, 0.29) is 0 Å². The minimum absolute atomic E-state index is 0.610. The van der Waals surface area contributed by atoms with Crippen LogP contribution in [0.5, 0.6) is 5.75 Å². The van der Waals surface area contributed by atoms with E-state index in [9.17, 15) is 0 Å². The lowest BCUT2D eigenvalue weighted by Gasteiger charge is -2.10. The van der Waals surface area contributed by atoms with E-state index in [0.29, 0.717) is 11.6 Å². The van der Waals surface area contributed by atoms with Crippen LogP contribution in [-0.2, 0) is 0 Å². The molecule has 0 unspecified atom stereocenters. The maximum atomic E-state index is 6.11. The first-order valence-electron chi connectivity index (χ1n) is 7.32. The molecule has 0 radical (unpaired) electrons. The van der Waals surface area contributed by atoms with Gasteiger partial charge >= 0.3 is 0 Å². The van der Waals surface area contributed by atoms with Crippen LogP contribution in [0.2, 0.25) is 5.02 Å². The van der Waals surface area contributed by atoms with Gasteiger partial charge in [0.15, 0.2) is 0 Å². The van der Waals surface area contributed by atoms with Crippen molar-refractivity contribution >= 4 is 27.5 Å². The lowest BCUT2D eigenvalue weighted by Crippen LogP contribution is -1.95. The molecular formula is C19H15BrClNO. The summed E-state index contributed by atoms with van der Waals surface area (Å²) in [6.45, 7) is 2.58. The summed E-state index contributed by atoms with van der Waals surface area (Å²) >= 11 is 9.56. The highest BCUT2D eigenvalue weighted by Crippen LogP contribution is 2.30. The second-order valence-electron chi connectivity index (χ2n) is 5.02. The van der Waals surface area contributed by atoms with Gasteiger partial charge in [0.25, 0.3) is 0 Å². The molecule has 0 spiro atoms. The summed E-state index contributed by atoms with van der Waals surface area (Å²) in [4.78, 5) is 4.77. The highest BCUT2D eigenvalue weighted by molar-refractivity contribution is 9.10. The summed E-state index contributed by atoms with van der Waals surface area (Å²) in [5, 5.41) is 0.691. The molecule has 0 N–H and O–H groups in total. The standard InChI is InChI=1S/C19H15BrClNO/c1-2-23-17-11-18(13-6-8-15(20)9-7-13)22-19(12-17)14-4-3-5-16(21)10-14/h3-12H,2H2,1H3. The van der Waals surface area contributed by atoms with Gasteiger partial charge in [0.1, 0.15) is 5.75 Å². The minimum Gasteiger partial charge on any atom is -0.494 e. The predicted molar refractivity (Wildman–Crippen MR) is 99.0 cm³/mol. The Morgan fingerprint density at radius 3 is 2.30 bits per heavy atom. The number of nitrogens with zero attached hydrogens (tertiary/aromatic N) is 1. The van der Waals surface area contributed by atoms with Crippen molar-refractivity contribution in [3.63, 3.8) is 0 Å². The smallest absolute Gasteiger partial charge is 0.123 e. The van der Waals surface area contributed by atoms with Gasteiger partial charge in [-0.3, -0.25) is 0 Å². The molecule has 3 rings (SSSR count). The summed E-state index contributed by atoms with van der Waals surface area (Å²) in [6, 6.07) is 19.7. The van der Waals surface area contributed by atoms with Crippen LogP contribution in [0, 0.1) is 0 Å². The van der Waals surface area contributed by atoms with Gasteiger partial charge in [0, 0.05) is 32.8 Å². The van der Waals surface area contributed by atoms with Crippen molar-refractivity contribution < 1.29 is 4.74 Å². The van der Waals surface area contributed by atoms with Crippen LogP contribution in [-0.4, -0.2) is 11.6 Å². The lowest BCUT2D eigenvalue weighted by atomic mass is 10.1. The predicted octanol–water partition coefficient (Wildman–Crippen LogP) is 6.23. The highest BCUT2D eigenvalue weighted by Gasteiger charge is 2.08. The molecule has 0 aliphatic carbocycles. The topological polar surface area (TPSA) is 22.1 Å². The van der Waals surface area contributed by atoms with Gasteiger partial charge in [-0.1, -0.05) is 51.8 Å². The zero-order valence-corrected chi connectivity index (χ0v) is 14.9. The molecule has 0 aliphatic heterocycles. The number of aromatic nitrogens is 1. The van der Waals surface area contributed by atoms with Gasteiger partial charge in [-0.2, -0.15) is 0 Å². The van der Waals surface area contributed by atoms with Crippen LogP contribution < -0.4 is 4.74 Å². The first-order valence-corrected chi connectivity index (χ1v) is 8.49. The van der Waals surface area contributed by atoms with E-state index in [0.717, 1.165) is 32.7 Å². The van der Waals surface area contributed by atoms with Gasteiger partial charge in [-0.05, 0) is 31.2 Å². The Kier molecular flexibility index (Phi) is 4.99. The number of hydrogen-bond acceptors (Lipinski definition) is 2. The first-order chi connectivity index (χ1) is 11.2. The molecule has 0 fully saturated rings. The summed E-state index contributed by atoms with van der Waals surface area (Å²) in [5.74, 6) is 0.801. The van der Waals surface area contributed by atoms with Gasteiger partial charge < -0.3 is 4.74 Å². The molecule has 0 atom stereocenters. The van der Waals surface area contributed by atoms with Crippen molar-refractivity contribution in [2.45, 2.75) is 6.92 Å². The molecular weight excluding hydrogens is 374 g/mol. The van der Waals surface area contributed by atoms with Crippen LogP contribution in [0.25, 0.3) is 22.5 Å². The molecule has 0 saturated heterocycles. The summed E-state index contributed by atoms with van der Waals surface area (Å²) < 4.78 is 6.74. The molecule has 0 aliphatic rings. The van der Waals surface area contributed by atoms with Gasteiger partial charge in [-0.25, -0.2) is 4.98 Å². The minimum atomic E-state index is 0.610. The van der Waals surface area contributed by atoms with E-state index in [1.165, 1.54) is 0 Å². The molecule has 0 amide bonds. The number of rotatable bonds is 4. The molecule has 1 heterocycles. The molecule has 2 aromatic carbocycles. The first kappa shape index (κ1) is 16.0. The number of benzene rings is 2. The fourth-order valence-electron chi connectivity index (χ4n) is 2.32. The number of hydrogen-bond donors (Lipinski definition) is 0. The fourth-order valence-corrected chi connectivity index (χ4v) is 2.77. The molecule has 1 aromatic heterocycles. The van der Waals surface area contributed by atoms with E-state index in [4.69, 9.17) is 21.3 Å². The van der Waals surface area contributed by atoms with Gasteiger partial charge in [0.2, 0.25) is 0 Å². The second-order valence-corrected chi connectivity index (χ2v) is 6.38. The summed E-state index contributed by atoms with van der Waals surface area (Å²) in [6.07, 6.45) is 0. The van der Waals surface area contributed by atoms with Crippen molar-refractivity contribution in [2.75, 3.05) is 6.61 Å². The Morgan fingerprint density at radius 1 is 0.957 bits per heavy atom. The Morgan fingerprint density at radius 2 is 1.65 bits per heavy atom. The van der Waals surface area contributed by atoms with E-state index in [1.54, 1.807) is 0 Å². The van der Waals surface area contributed by atoms with E-state index < -0.39 is 0 Å². The third-order valence-electron chi connectivity index (χ3n) is 3.37. The van der Waals surface area contributed by atoms with E-state index in [2.05, 4.69) is 15.9 Å². The Bertz CT molecular complexity index is 818. The maximum Gasteiger partial charge on any atom is 0.123 e. The molecule has 0 bridgehead atoms. The SMILES string of the molecule is CCOc1cc(-c2ccc(Br)cc2)nc(-c2cccc(Cl)c2)c1. The monoisotopic (exact) mass is 387 g/mol. The summed E-state index contributed by atoms with van der Waals surface area (Å²) in [5.41, 5.74) is 3.73. The van der Waals surface area contributed by atoms with Crippen molar-refractivity contribution in [1.29, 1.82) is 0 Å². The zero-order valence-electron chi connectivity index (χ0n) is 12.6. The van der Waals surface area contributed by atoms with Crippen molar-refractivity contribution in [3.05, 3.63) is 70.2 Å². The van der Waals surface area contributed by atoms with Crippen molar-refractivity contribution in [2.24, 2.45) is 0 Å². The summed E-state index contributed by atoms with van der Waals surface area (Å²) in [7, 11) is 0. The van der Waals surface area contributed by atoms with Gasteiger partial charge in [-0.15, -0.1) is 0 Å². The van der Waals surface area contributed by atoms with Crippen LogP contribution in [0.4, 0.5) is 0 Å². The maximum absolute atomic E-state index is 6.11. The number of halogens is 2. The molecule has 0 saturated carbocycles. The molecule has 23 heavy (non-hydrogen) atoms. The lowest BCUT2D eigenvalue weighted by molar-refractivity contribution is 0.340. The Balaban J connectivity index is 2.11. The van der Waals surface area contributed by atoms with Crippen molar-refractivity contribution in [3.8, 4) is 28.3 Å². The second kappa shape index (κ2) is 7.16. The van der Waals surface area contributed by atoms with E-state index in [1.807, 2.05) is 67.6 Å². The average Bonchev–Trinajstić information content (AvgIpc) is 2.55. The molecule has 116 valence electrons. The van der Waals surface area contributed by atoms with Crippen LogP contribution in [0.1, 0.15) is 6.92 Å². The van der Waals surface area contributed by atoms with Gasteiger partial charge in [0.05, 0.1) is 18.0 Å². The Labute approximate surface area is 149 Å². The van der Waals surface area contributed by atoms with E-state index >= 15 is 0 Å². The van der Waals surface area contributed by atoms with Crippen LogP contribution in [0.15, 0.2) is 65.1 Å². The third kappa shape index (κ3) is 3.92. The molecule has 2 nitrogen and oxygen atoms in total. The average molecular weight is 389 g/mol. The van der Waals surface area contributed by atoms with Crippen molar-refractivity contribution in [1.82, 2.24) is 4.98 Å². The fraction of sp³-hybridized carbons (Fsp3) is 0.105. The number of ether oxygens (including phenoxy) is 1. The molecule has 4 heteroatoms. The zero-order chi connectivity index (χ0) is 16.2. The molecule has 3 aromatic rings. The highest BCUT2D eigenvalue weighted by atomic mass is 79.9. The largest absolute Gasteiger partial charge is 0.494 e. The number of pyridine rings is 1. The van der Waals surface area contributed by atoms with Crippen LogP contribution in [0.3, 0.4) is 0 Å². The third-order valence-corrected chi connectivity index (χ3v) is 4.13. The van der Waals surface area contributed by atoms with Crippen LogP contribution >= 0.6 is 27.5 Å².